The molecule has 2 bridgehead atoms. The molecule has 0 radical (unpaired) electrons. The number of carbonyl (C=O) groups is 2. The van der Waals surface area contributed by atoms with Crippen LogP contribution >= 0.6 is 22.7 Å². The number of hydrogen-bond acceptors (Lipinski definition) is 7. The van der Waals surface area contributed by atoms with Gasteiger partial charge in [-0.2, -0.15) is 13.2 Å². The van der Waals surface area contributed by atoms with Crippen LogP contribution in [0.1, 0.15) is 54.7 Å². The summed E-state index contributed by atoms with van der Waals surface area (Å²) in [7, 11) is 0. The van der Waals surface area contributed by atoms with Crippen LogP contribution in [0.15, 0.2) is 35.0 Å². The average Bonchev–Trinajstić information content (AvgIpc) is 3.60. The maximum absolute atomic E-state index is 13.4. The summed E-state index contributed by atoms with van der Waals surface area (Å²) < 4.78 is 38.8. The monoisotopic (exact) mass is 559 g/mol. The van der Waals surface area contributed by atoms with Crippen molar-refractivity contribution in [1.29, 1.82) is 0 Å². The molecule has 4 fully saturated rings. The van der Waals surface area contributed by atoms with Crippen LogP contribution in [0, 0.1) is 11.8 Å². The Hall–Kier alpha value is -1.95. The van der Waals surface area contributed by atoms with E-state index in [1.807, 2.05) is 35.0 Å². The molecule has 5 heterocycles. The normalized spacial score (nSPS) is 26.3. The summed E-state index contributed by atoms with van der Waals surface area (Å²) in [5.74, 6) is -2.23. The van der Waals surface area contributed by atoms with E-state index >= 15 is 0 Å². The molecule has 4 aliphatic rings. The molecule has 11 heteroatoms. The Morgan fingerprint density at radius 3 is 2.00 bits per heavy atom. The zero-order chi connectivity index (χ0) is 26.7. The van der Waals surface area contributed by atoms with Gasteiger partial charge in [0.2, 0.25) is 5.60 Å². The quantitative estimate of drug-likeness (QED) is 0.426. The van der Waals surface area contributed by atoms with Crippen molar-refractivity contribution in [2.75, 3.05) is 26.2 Å². The minimum absolute atomic E-state index is 0.0740. The van der Waals surface area contributed by atoms with E-state index in [0.29, 0.717) is 15.7 Å². The number of nitrogens with zero attached hydrogens (tertiary/aromatic N) is 1. The SMILES string of the molecule is O=C(O[C@H]1C[N+]2(CC3CCCCC3)CCC1CC2)C(O)(c1cccs1)c1cccs1.O=C([O-])C(F)(F)F. The highest BCUT2D eigenvalue weighted by molar-refractivity contribution is 7.12. The van der Waals surface area contributed by atoms with E-state index in [4.69, 9.17) is 14.6 Å². The predicted octanol–water partition coefficient (Wildman–Crippen LogP) is 4.08. The van der Waals surface area contributed by atoms with Gasteiger partial charge in [0, 0.05) is 24.7 Å². The third-order valence-corrected chi connectivity index (χ3v) is 9.91. The lowest BCUT2D eigenvalue weighted by atomic mass is 9.80. The van der Waals surface area contributed by atoms with Crippen molar-refractivity contribution in [3.8, 4) is 0 Å². The highest BCUT2D eigenvalue weighted by Gasteiger charge is 2.51. The second kappa shape index (κ2) is 11.4. The topological polar surface area (TPSA) is 86.7 Å². The fraction of sp³-hybridized carbons (Fsp3) is 0.615. The van der Waals surface area contributed by atoms with E-state index < -0.39 is 23.7 Å². The Morgan fingerprint density at radius 1 is 1.00 bits per heavy atom. The number of esters is 1. The van der Waals surface area contributed by atoms with Gasteiger partial charge in [-0.3, -0.25) is 0 Å². The Morgan fingerprint density at radius 2 is 1.54 bits per heavy atom. The summed E-state index contributed by atoms with van der Waals surface area (Å²) in [4.78, 5) is 23.5. The van der Waals surface area contributed by atoms with Gasteiger partial charge in [0.1, 0.15) is 12.5 Å². The minimum Gasteiger partial charge on any atom is -0.542 e. The van der Waals surface area contributed by atoms with Crippen LogP contribution in [0.2, 0.25) is 0 Å². The van der Waals surface area contributed by atoms with E-state index in [0.717, 1.165) is 29.8 Å². The van der Waals surface area contributed by atoms with Crippen LogP contribution in [0.3, 0.4) is 0 Å². The molecule has 6 rings (SSSR count). The molecule has 0 aromatic carbocycles. The molecule has 2 aromatic heterocycles. The van der Waals surface area contributed by atoms with Crippen molar-refractivity contribution in [3.63, 3.8) is 0 Å². The van der Waals surface area contributed by atoms with Gasteiger partial charge in [-0.15, -0.1) is 22.7 Å². The highest BCUT2D eigenvalue weighted by atomic mass is 32.1. The van der Waals surface area contributed by atoms with Gasteiger partial charge in [0.15, 0.2) is 6.10 Å². The molecule has 6 nitrogen and oxygen atoms in total. The van der Waals surface area contributed by atoms with Gasteiger partial charge in [-0.25, -0.2) is 4.79 Å². The molecule has 1 saturated carbocycles. The number of carboxylic acid groups (broad SMARTS) is 1. The summed E-state index contributed by atoms with van der Waals surface area (Å²) in [6, 6.07) is 7.42. The summed E-state index contributed by atoms with van der Waals surface area (Å²) in [6.07, 6.45) is 3.88. The summed E-state index contributed by atoms with van der Waals surface area (Å²) >= 11 is 2.82. The van der Waals surface area contributed by atoms with Crippen molar-refractivity contribution < 1.29 is 42.2 Å². The van der Waals surface area contributed by atoms with Crippen LogP contribution < -0.4 is 5.11 Å². The average molecular weight is 560 g/mol. The number of rotatable bonds is 6. The minimum atomic E-state index is -5.19. The van der Waals surface area contributed by atoms with Gasteiger partial charge in [-0.05, 0) is 35.7 Å². The molecule has 204 valence electrons. The number of carbonyl (C=O) groups excluding carboxylic acids is 2. The summed E-state index contributed by atoms with van der Waals surface area (Å²) in [5, 5.41) is 24.2. The summed E-state index contributed by atoms with van der Waals surface area (Å²) in [5.41, 5.74) is -1.69. The predicted molar refractivity (Wildman–Crippen MR) is 132 cm³/mol. The maximum Gasteiger partial charge on any atom is 0.430 e. The Kier molecular flexibility index (Phi) is 8.67. The van der Waals surface area contributed by atoms with Crippen LogP contribution in [0.5, 0.6) is 0 Å². The molecule has 2 aromatic rings. The Bertz CT molecular complexity index is 993. The molecule has 1 atom stereocenters. The van der Waals surface area contributed by atoms with Gasteiger partial charge in [0.05, 0.1) is 29.4 Å². The number of hydrogen-bond donors (Lipinski definition) is 1. The number of quaternary nitrogens is 1. The van der Waals surface area contributed by atoms with Gasteiger partial charge < -0.3 is 24.2 Å². The lowest BCUT2D eigenvalue weighted by Crippen LogP contribution is -2.66. The number of aliphatic carboxylic acids is 1. The molecular formula is C26H32F3NO5S2. The molecular weight excluding hydrogens is 527 g/mol. The van der Waals surface area contributed by atoms with E-state index in [-0.39, 0.29) is 6.10 Å². The Balaban J connectivity index is 0.000000405. The zero-order valence-corrected chi connectivity index (χ0v) is 22.1. The zero-order valence-electron chi connectivity index (χ0n) is 20.5. The fourth-order valence-corrected chi connectivity index (χ4v) is 7.76. The molecule has 3 aliphatic heterocycles. The number of alkyl halides is 3. The standard InChI is InChI=1S/C24H32NO3S2.C2HF3O2/c26-23(24(27,21-8-4-14-29-21)22-9-5-15-30-22)28-20-17-25(12-10-19(20)11-13-25)16-18-6-2-1-3-7-18;3-2(4,5)1(6)7/h4-5,8-9,14-15,18-20,27H,1-3,6-7,10-13,16-17H2;(H,6,7)/q+1;/p-1/t19?,20-,25?;/m0./s1. The summed E-state index contributed by atoms with van der Waals surface area (Å²) in [6.45, 7) is 4.64. The van der Waals surface area contributed by atoms with Crippen molar-refractivity contribution in [3.05, 3.63) is 44.8 Å². The van der Waals surface area contributed by atoms with Crippen molar-refractivity contribution >= 4 is 34.6 Å². The number of carboxylic acids is 1. The highest BCUT2D eigenvalue weighted by Crippen LogP contribution is 2.41. The third kappa shape index (κ3) is 6.38. The lowest BCUT2D eigenvalue weighted by Gasteiger charge is -2.53. The van der Waals surface area contributed by atoms with Crippen molar-refractivity contribution in [1.82, 2.24) is 0 Å². The molecule has 0 unspecified atom stereocenters. The molecule has 3 saturated heterocycles. The van der Waals surface area contributed by atoms with Gasteiger partial charge in [-0.1, -0.05) is 31.4 Å². The first-order valence-electron chi connectivity index (χ1n) is 12.7. The number of fused-ring (bicyclic) bond motifs is 3. The van der Waals surface area contributed by atoms with Crippen molar-refractivity contribution in [2.45, 2.75) is 62.8 Å². The molecule has 1 N–H and O–H groups in total. The second-order valence-corrected chi connectivity index (χ2v) is 12.3. The van der Waals surface area contributed by atoms with Crippen molar-refractivity contribution in [2.24, 2.45) is 11.8 Å². The first-order chi connectivity index (χ1) is 17.5. The molecule has 1 aliphatic carbocycles. The molecule has 0 spiro atoms. The second-order valence-electron chi connectivity index (χ2n) is 10.4. The van der Waals surface area contributed by atoms with E-state index in [1.54, 1.807) is 0 Å². The number of aliphatic hydroxyl groups is 1. The van der Waals surface area contributed by atoms with E-state index in [9.17, 15) is 23.1 Å². The fourth-order valence-electron chi connectivity index (χ4n) is 6.04. The van der Waals surface area contributed by atoms with Crippen LogP contribution in [0.4, 0.5) is 13.2 Å². The first kappa shape index (κ1) is 28.1. The van der Waals surface area contributed by atoms with Gasteiger partial charge in [0.25, 0.3) is 0 Å². The third-order valence-electron chi connectivity index (χ3n) is 7.95. The van der Waals surface area contributed by atoms with E-state index in [1.165, 1.54) is 74.4 Å². The maximum atomic E-state index is 13.4. The van der Waals surface area contributed by atoms with Gasteiger partial charge >= 0.3 is 12.1 Å². The van der Waals surface area contributed by atoms with Crippen LogP contribution in [0.25, 0.3) is 0 Å². The number of ether oxygens (including phenoxy) is 1. The number of piperidine rings is 3. The lowest BCUT2D eigenvalue weighted by molar-refractivity contribution is -0.949. The number of thiophene rings is 2. The number of halogens is 3. The van der Waals surface area contributed by atoms with Crippen LogP contribution in [-0.2, 0) is 19.9 Å². The smallest absolute Gasteiger partial charge is 0.430 e. The Labute approximate surface area is 222 Å². The molecule has 0 amide bonds. The van der Waals surface area contributed by atoms with Crippen LogP contribution in [-0.4, -0.2) is 60.0 Å². The first-order valence-corrected chi connectivity index (χ1v) is 14.4. The largest absolute Gasteiger partial charge is 0.542 e. The molecule has 37 heavy (non-hydrogen) atoms. The van der Waals surface area contributed by atoms with E-state index in [2.05, 4.69) is 0 Å².